The van der Waals surface area contributed by atoms with Crippen molar-refractivity contribution < 1.29 is 19.5 Å². The molecule has 0 fully saturated rings. The van der Waals surface area contributed by atoms with Gasteiger partial charge in [0.25, 0.3) is 5.91 Å². The molecule has 1 heterocycles. The molecule has 0 saturated heterocycles. The molecule has 2 aromatic rings. The summed E-state index contributed by atoms with van der Waals surface area (Å²) in [6, 6.07) is 15.0. The van der Waals surface area contributed by atoms with Crippen LogP contribution in [0.15, 0.2) is 65.9 Å². The van der Waals surface area contributed by atoms with Crippen LogP contribution < -0.4 is 10.2 Å². The second kappa shape index (κ2) is 6.84. The Morgan fingerprint density at radius 3 is 2.15 bits per heavy atom. The third-order valence-electron chi connectivity index (χ3n) is 4.17. The minimum Gasteiger partial charge on any atom is -0.503 e. The maximum absolute atomic E-state index is 12.7. The monoisotopic (exact) mass is 350 g/mol. The van der Waals surface area contributed by atoms with Crippen molar-refractivity contribution in [3.05, 3.63) is 71.5 Å². The van der Waals surface area contributed by atoms with Gasteiger partial charge in [-0.05, 0) is 36.8 Å². The number of nitrogens with one attached hydrogen (secondary N) is 1. The zero-order valence-corrected chi connectivity index (χ0v) is 14.4. The molecule has 1 atom stereocenters. The van der Waals surface area contributed by atoms with Gasteiger partial charge in [-0.15, -0.1) is 0 Å². The zero-order chi connectivity index (χ0) is 18.8. The molecule has 0 aromatic heterocycles. The van der Waals surface area contributed by atoms with Crippen LogP contribution in [0.5, 0.6) is 0 Å². The number of aliphatic hydroxyl groups excluding tert-OH is 1. The summed E-state index contributed by atoms with van der Waals surface area (Å²) in [7, 11) is 0. The van der Waals surface area contributed by atoms with Gasteiger partial charge in [-0.2, -0.15) is 0 Å². The second-order valence-electron chi connectivity index (χ2n) is 6.03. The normalized spacial score (nSPS) is 16.8. The van der Waals surface area contributed by atoms with Crippen molar-refractivity contribution in [1.29, 1.82) is 0 Å². The molecule has 132 valence electrons. The third kappa shape index (κ3) is 3.09. The van der Waals surface area contributed by atoms with Crippen LogP contribution in [0.3, 0.4) is 0 Å². The molecule has 0 unspecified atom stereocenters. The average molecular weight is 350 g/mol. The summed E-state index contributed by atoms with van der Waals surface area (Å²) < 4.78 is 0. The zero-order valence-electron chi connectivity index (χ0n) is 14.4. The van der Waals surface area contributed by atoms with Crippen LogP contribution in [0, 0.1) is 0 Å². The van der Waals surface area contributed by atoms with Gasteiger partial charge in [0.1, 0.15) is 0 Å². The molecule has 0 spiro atoms. The Labute approximate surface area is 150 Å². The molecule has 2 amide bonds. The largest absolute Gasteiger partial charge is 0.503 e. The molecule has 0 saturated carbocycles. The maximum Gasteiger partial charge on any atom is 0.294 e. The minimum atomic E-state index is -0.701. The van der Waals surface area contributed by atoms with Crippen LogP contribution in [0.2, 0.25) is 0 Å². The Morgan fingerprint density at radius 2 is 1.62 bits per heavy atom. The Hall–Kier alpha value is -3.41. The highest BCUT2D eigenvalue weighted by Crippen LogP contribution is 2.40. The molecule has 0 aliphatic carbocycles. The fraction of sp³-hybridized carbons (Fsp3) is 0.150. The first-order valence-corrected chi connectivity index (χ1v) is 8.10. The summed E-state index contributed by atoms with van der Waals surface area (Å²) in [6.07, 6.45) is 0. The number of carbonyl (C=O) groups excluding carboxylic acids is 3. The van der Waals surface area contributed by atoms with E-state index in [2.05, 4.69) is 5.32 Å². The van der Waals surface area contributed by atoms with Crippen molar-refractivity contribution in [2.75, 3.05) is 10.2 Å². The van der Waals surface area contributed by atoms with Gasteiger partial charge >= 0.3 is 0 Å². The van der Waals surface area contributed by atoms with Crippen molar-refractivity contribution in [1.82, 2.24) is 0 Å². The Kier molecular flexibility index (Phi) is 4.58. The van der Waals surface area contributed by atoms with Crippen molar-refractivity contribution in [2.45, 2.75) is 19.9 Å². The lowest BCUT2D eigenvalue weighted by atomic mass is 9.96. The number of carbonyl (C=O) groups is 3. The van der Waals surface area contributed by atoms with Crippen molar-refractivity contribution in [3.63, 3.8) is 0 Å². The number of benzene rings is 2. The molecule has 0 radical (unpaired) electrons. The van der Waals surface area contributed by atoms with Gasteiger partial charge in [0.15, 0.2) is 11.5 Å². The topological polar surface area (TPSA) is 86.7 Å². The highest BCUT2D eigenvalue weighted by molar-refractivity contribution is 6.16. The van der Waals surface area contributed by atoms with Gasteiger partial charge in [0, 0.05) is 18.3 Å². The maximum atomic E-state index is 12.7. The number of ketones is 1. The lowest BCUT2D eigenvalue weighted by Gasteiger charge is -2.26. The summed E-state index contributed by atoms with van der Waals surface area (Å²) >= 11 is 0. The first-order valence-electron chi connectivity index (χ1n) is 8.10. The highest BCUT2D eigenvalue weighted by atomic mass is 16.3. The summed E-state index contributed by atoms with van der Waals surface area (Å²) in [5.74, 6) is -1.72. The van der Waals surface area contributed by atoms with Crippen LogP contribution in [-0.4, -0.2) is 22.7 Å². The number of Topliss-reactive ketones (excluding diaryl/α,β-unsaturated/α-hetero) is 1. The Morgan fingerprint density at radius 1 is 1.00 bits per heavy atom. The molecular weight excluding hydrogens is 332 g/mol. The van der Waals surface area contributed by atoms with E-state index in [0.29, 0.717) is 11.4 Å². The average Bonchev–Trinajstić information content (AvgIpc) is 2.88. The van der Waals surface area contributed by atoms with E-state index >= 15 is 0 Å². The van der Waals surface area contributed by atoms with Crippen LogP contribution in [-0.2, 0) is 14.4 Å². The predicted molar refractivity (Wildman–Crippen MR) is 97.8 cm³/mol. The lowest BCUT2D eigenvalue weighted by molar-refractivity contribution is -0.117. The van der Waals surface area contributed by atoms with Gasteiger partial charge in [0.2, 0.25) is 5.91 Å². The van der Waals surface area contributed by atoms with E-state index in [-0.39, 0.29) is 17.3 Å². The predicted octanol–water partition coefficient (Wildman–Crippen LogP) is 3.13. The van der Waals surface area contributed by atoms with E-state index in [1.165, 1.54) is 18.7 Å². The molecule has 6 nitrogen and oxygen atoms in total. The van der Waals surface area contributed by atoms with Crippen LogP contribution in [0.25, 0.3) is 0 Å². The van der Waals surface area contributed by atoms with Crippen LogP contribution in [0.4, 0.5) is 11.4 Å². The summed E-state index contributed by atoms with van der Waals surface area (Å²) in [5, 5.41) is 12.9. The molecule has 2 N–H and O–H groups in total. The summed E-state index contributed by atoms with van der Waals surface area (Å²) in [4.78, 5) is 37.3. The highest BCUT2D eigenvalue weighted by Gasteiger charge is 2.43. The fourth-order valence-corrected chi connectivity index (χ4v) is 3.09. The van der Waals surface area contributed by atoms with E-state index in [1.807, 2.05) is 18.2 Å². The summed E-state index contributed by atoms with van der Waals surface area (Å²) in [5.41, 5.74) is 1.90. The van der Waals surface area contributed by atoms with Crippen LogP contribution in [0.1, 0.15) is 25.5 Å². The third-order valence-corrected chi connectivity index (χ3v) is 4.17. The van der Waals surface area contributed by atoms with Gasteiger partial charge in [-0.1, -0.05) is 30.3 Å². The van der Waals surface area contributed by atoms with Gasteiger partial charge < -0.3 is 10.4 Å². The lowest BCUT2D eigenvalue weighted by Crippen LogP contribution is -2.30. The quantitative estimate of drug-likeness (QED) is 0.887. The molecule has 1 aliphatic heterocycles. The molecule has 6 heteroatoms. The van der Waals surface area contributed by atoms with E-state index < -0.39 is 17.7 Å². The summed E-state index contributed by atoms with van der Waals surface area (Å²) in [6.45, 7) is 2.74. The van der Waals surface area contributed by atoms with E-state index in [1.54, 1.807) is 36.4 Å². The van der Waals surface area contributed by atoms with E-state index in [4.69, 9.17) is 0 Å². The molecular formula is C20H18N2O4. The van der Waals surface area contributed by atoms with Gasteiger partial charge in [-0.3, -0.25) is 19.3 Å². The minimum absolute atomic E-state index is 0.0761. The molecule has 0 bridgehead atoms. The van der Waals surface area contributed by atoms with Gasteiger partial charge in [-0.25, -0.2) is 0 Å². The van der Waals surface area contributed by atoms with Crippen molar-refractivity contribution in [2.24, 2.45) is 0 Å². The number of nitrogens with zero attached hydrogens (tertiary/aromatic N) is 1. The van der Waals surface area contributed by atoms with Crippen molar-refractivity contribution in [3.8, 4) is 0 Å². The number of hydrogen-bond donors (Lipinski definition) is 2. The van der Waals surface area contributed by atoms with E-state index in [9.17, 15) is 19.5 Å². The fourth-order valence-electron chi connectivity index (χ4n) is 3.09. The standard InChI is InChI=1S/C20H18N2O4/c1-12(23)17-18(14-6-4-3-5-7-14)22(20(26)19(17)25)16-10-8-15(9-11-16)21-13(2)24/h3-11,18,25H,1-2H3,(H,21,24)/t18-/m0/s1. The number of anilines is 2. The van der Waals surface area contributed by atoms with Crippen molar-refractivity contribution >= 4 is 29.0 Å². The molecule has 1 aliphatic rings. The Bertz CT molecular complexity index is 901. The number of aliphatic hydroxyl groups is 1. The second-order valence-corrected chi connectivity index (χ2v) is 6.03. The number of amides is 2. The SMILES string of the molecule is CC(=O)Nc1ccc(N2C(=O)C(O)=C(C(C)=O)[C@@H]2c2ccccc2)cc1. The first kappa shape index (κ1) is 17.4. The Balaban J connectivity index is 2.06. The first-order chi connectivity index (χ1) is 12.4. The number of hydrogen-bond acceptors (Lipinski definition) is 4. The van der Waals surface area contributed by atoms with E-state index in [0.717, 1.165) is 5.56 Å². The molecule has 26 heavy (non-hydrogen) atoms. The number of rotatable bonds is 4. The smallest absolute Gasteiger partial charge is 0.294 e. The van der Waals surface area contributed by atoms with Crippen LogP contribution >= 0.6 is 0 Å². The molecule has 2 aromatic carbocycles. The van der Waals surface area contributed by atoms with Gasteiger partial charge in [0.05, 0.1) is 11.6 Å². The molecule has 3 rings (SSSR count).